The van der Waals surface area contributed by atoms with Crippen LogP contribution in [0.1, 0.15) is 30.0 Å². The lowest BCUT2D eigenvalue weighted by atomic mass is 9.96. The molecule has 142 valence electrons. The van der Waals surface area contributed by atoms with E-state index < -0.39 is 10.8 Å². The van der Waals surface area contributed by atoms with Crippen LogP contribution in [0.15, 0.2) is 47.5 Å². The predicted octanol–water partition coefficient (Wildman–Crippen LogP) is 3.99. The zero-order valence-electron chi connectivity index (χ0n) is 15.6. The second kappa shape index (κ2) is 8.81. The van der Waals surface area contributed by atoms with Gasteiger partial charge in [-0.15, -0.1) is 0 Å². The molecular formula is C21H23ClN2O2S. The van der Waals surface area contributed by atoms with Crippen molar-refractivity contribution in [2.45, 2.75) is 20.3 Å². The maximum absolute atomic E-state index is 12.8. The van der Waals surface area contributed by atoms with Crippen molar-refractivity contribution >= 4 is 39.7 Å². The Morgan fingerprint density at radius 1 is 1.19 bits per heavy atom. The molecule has 0 spiro atoms. The van der Waals surface area contributed by atoms with Crippen LogP contribution >= 0.6 is 11.6 Å². The Kier molecular flexibility index (Phi) is 6.45. The standard InChI is InChI=1S/C21H23ClN2O2S/c1-3-27(26)12-6-11-24-19-10-9-16(22)13-18(19)21(23-14-20(24)25)17-8-5-4-7-15(17)2/h4-5,7-10,13H,3,6,11-12,14H2,1-2H3. The molecule has 0 aliphatic carbocycles. The molecule has 1 heterocycles. The van der Waals surface area contributed by atoms with Gasteiger partial charge in [-0.2, -0.15) is 0 Å². The third-order valence-electron chi connectivity index (χ3n) is 4.65. The van der Waals surface area contributed by atoms with Crippen molar-refractivity contribution in [1.82, 2.24) is 0 Å². The summed E-state index contributed by atoms with van der Waals surface area (Å²) in [5, 5.41) is 0.608. The summed E-state index contributed by atoms with van der Waals surface area (Å²) in [5.41, 5.74) is 4.56. The van der Waals surface area contributed by atoms with Crippen LogP contribution in [0.2, 0.25) is 5.02 Å². The number of aryl methyl sites for hydroxylation is 1. The average molecular weight is 403 g/mol. The van der Waals surface area contributed by atoms with Crippen LogP contribution < -0.4 is 4.90 Å². The van der Waals surface area contributed by atoms with E-state index in [1.165, 1.54) is 0 Å². The molecule has 1 unspecified atom stereocenters. The molecule has 0 saturated carbocycles. The van der Waals surface area contributed by atoms with Crippen LogP contribution in [0.3, 0.4) is 0 Å². The van der Waals surface area contributed by atoms with E-state index in [0.29, 0.717) is 29.5 Å². The van der Waals surface area contributed by atoms with E-state index in [9.17, 15) is 9.00 Å². The molecule has 0 radical (unpaired) electrons. The molecular weight excluding hydrogens is 380 g/mol. The topological polar surface area (TPSA) is 49.7 Å². The van der Waals surface area contributed by atoms with Gasteiger partial charge in [0.25, 0.3) is 0 Å². The van der Waals surface area contributed by atoms with Crippen molar-refractivity contribution in [1.29, 1.82) is 0 Å². The van der Waals surface area contributed by atoms with E-state index >= 15 is 0 Å². The molecule has 2 aromatic rings. The summed E-state index contributed by atoms with van der Waals surface area (Å²) in [6.07, 6.45) is 0.688. The second-order valence-corrected chi connectivity index (χ2v) is 8.77. The number of carbonyl (C=O) groups is 1. The highest BCUT2D eigenvalue weighted by atomic mass is 35.5. The van der Waals surface area contributed by atoms with E-state index in [0.717, 1.165) is 28.1 Å². The average Bonchev–Trinajstić information content (AvgIpc) is 2.79. The lowest BCUT2D eigenvalue weighted by Crippen LogP contribution is -2.34. The van der Waals surface area contributed by atoms with Crippen LogP contribution in [0.25, 0.3) is 0 Å². The van der Waals surface area contributed by atoms with E-state index in [4.69, 9.17) is 11.6 Å². The lowest BCUT2D eigenvalue weighted by molar-refractivity contribution is -0.117. The predicted molar refractivity (Wildman–Crippen MR) is 114 cm³/mol. The third kappa shape index (κ3) is 4.47. The van der Waals surface area contributed by atoms with Crippen molar-refractivity contribution in [2.75, 3.05) is 29.5 Å². The Labute approximate surface area is 167 Å². The number of nitrogens with zero attached hydrogens (tertiary/aromatic N) is 2. The number of halogens is 1. The zero-order valence-corrected chi connectivity index (χ0v) is 17.1. The van der Waals surface area contributed by atoms with Gasteiger partial charge in [0.2, 0.25) is 5.91 Å². The Balaban J connectivity index is 2.01. The van der Waals surface area contributed by atoms with Crippen LogP contribution in [-0.2, 0) is 15.6 Å². The molecule has 4 nitrogen and oxygen atoms in total. The molecule has 0 aromatic heterocycles. The highest BCUT2D eigenvalue weighted by molar-refractivity contribution is 7.84. The Morgan fingerprint density at radius 3 is 2.70 bits per heavy atom. The first kappa shape index (κ1) is 19.8. The monoisotopic (exact) mass is 402 g/mol. The molecule has 0 bridgehead atoms. The number of carbonyl (C=O) groups excluding carboxylic acids is 1. The largest absolute Gasteiger partial charge is 0.310 e. The van der Waals surface area contributed by atoms with Crippen molar-refractivity contribution in [2.24, 2.45) is 4.99 Å². The van der Waals surface area contributed by atoms with Crippen LogP contribution in [0.5, 0.6) is 0 Å². The van der Waals surface area contributed by atoms with E-state index in [1.54, 1.807) is 11.0 Å². The van der Waals surface area contributed by atoms with Gasteiger partial charge in [-0.25, -0.2) is 0 Å². The second-order valence-electron chi connectivity index (χ2n) is 6.47. The first-order valence-corrected chi connectivity index (χ1v) is 10.9. The van der Waals surface area contributed by atoms with Crippen LogP contribution in [0, 0.1) is 6.92 Å². The van der Waals surface area contributed by atoms with E-state index in [-0.39, 0.29) is 12.5 Å². The number of anilines is 1. The highest BCUT2D eigenvalue weighted by Crippen LogP contribution is 2.30. The quantitative estimate of drug-likeness (QED) is 0.733. The number of amides is 1. The van der Waals surface area contributed by atoms with E-state index in [2.05, 4.69) is 4.99 Å². The first-order valence-electron chi connectivity index (χ1n) is 9.07. The summed E-state index contributed by atoms with van der Waals surface area (Å²) >= 11 is 6.27. The van der Waals surface area contributed by atoms with Gasteiger partial charge in [-0.3, -0.25) is 14.0 Å². The van der Waals surface area contributed by atoms with Crippen molar-refractivity contribution in [3.63, 3.8) is 0 Å². The number of rotatable bonds is 6. The maximum Gasteiger partial charge on any atom is 0.248 e. The van der Waals surface area contributed by atoms with Gasteiger partial charge in [0.1, 0.15) is 6.54 Å². The Morgan fingerprint density at radius 2 is 1.96 bits per heavy atom. The Hall–Kier alpha value is -1.98. The first-order chi connectivity index (χ1) is 13.0. The highest BCUT2D eigenvalue weighted by Gasteiger charge is 2.25. The number of fused-ring (bicyclic) bond motifs is 1. The molecule has 6 heteroatoms. The lowest BCUT2D eigenvalue weighted by Gasteiger charge is -2.23. The summed E-state index contributed by atoms with van der Waals surface area (Å²) in [5.74, 6) is 1.18. The molecule has 0 N–H and O–H groups in total. The molecule has 0 fully saturated rings. The van der Waals surface area contributed by atoms with E-state index in [1.807, 2.05) is 50.2 Å². The minimum atomic E-state index is -0.836. The third-order valence-corrected chi connectivity index (χ3v) is 6.28. The zero-order chi connectivity index (χ0) is 19.4. The molecule has 1 atom stereocenters. The summed E-state index contributed by atoms with van der Waals surface area (Å²) < 4.78 is 11.7. The molecule has 1 aliphatic heterocycles. The fraction of sp³-hybridized carbons (Fsp3) is 0.333. The molecule has 1 amide bonds. The normalized spacial score (nSPS) is 15.1. The number of benzene rings is 2. The maximum atomic E-state index is 12.8. The summed E-state index contributed by atoms with van der Waals surface area (Å²) in [7, 11) is -0.836. The molecule has 1 aliphatic rings. The van der Waals surface area contributed by atoms with Crippen molar-refractivity contribution in [3.05, 3.63) is 64.2 Å². The van der Waals surface area contributed by atoms with Crippen LogP contribution in [-0.4, -0.2) is 40.4 Å². The summed E-state index contributed by atoms with van der Waals surface area (Å²) in [6, 6.07) is 13.6. The minimum Gasteiger partial charge on any atom is -0.310 e. The molecule has 0 saturated heterocycles. The SMILES string of the molecule is CCS(=O)CCCN1C(=O)CN=C(c2ccccc2C)c2cc(Cl)ccc21. The van der Waals surface area contributed by atoms with Gasteiger partial charge in [-0.05, 0) is 37.1 Å². The summed E-state index contributed by atoms with van der Waals surface area (Å²) in [4.78, 5) is 19.2. The molecule has 2 aromatic carbocycles. The smallest absolute Gasteiger partial charge is 0.248 e. The fourth-order valence-electron chi connectivity index (χ4n) is 3.23. The number of hydrogen-bond acceptors (Lipinski definition) is 3. The number of aliphatic imine (C=N–C) groups is 1. The Bertz CT molecular complexity index is 911. The minimum absolute atomic E-state index is 0.0514. The van der Waals surface area contributed by atoms with Gasteiger partial charge >= 0.3 is 0 Å². The van der Waals surface area contributed by atoms with Gasteiger partial charge in [0, 0.05) is 45.0 Å². The van der Waals surface area contributed by atoms with Gasteiger partial charge in [0.15, 0.2) is 0 Å². The van der Waals surface area contributed by atoms with Gasteiger partial charge in [0.05, 0.1) is 11.4 Å². The number of hydrogen-bond donors (Lipinski definition) is 0. The fourth-order valence-corrected chi connectivity index (χ4v) is 4.14. The van der Waals surface area contributed by atoms with Crippen LogP contribution in [0.4, 0.5) is 5.69 Å². The van der Waals surface area contributed by atoms with Gasteiger partial charge in [-0.1, -0.05) is 42.8 Å². The summed E-state index contributed by atoms with van der Waals surface area (Å²) in [6.45, 7) is 4.56. The molecule has 3 rings (SSSR count). The van der Waals surface area contributed by atoms with Crippen molar-refractivity contribution < 1.29 is 9.00 Å². The van der Waals surface area contributed by atoms with Crippen molar-refractivity contribution in [3.8, 4) is 0 Å². The molecule has 27 heavy (non-hydrogen) atoms. The van der Waals surface area contributed by atoms with Gasteiger partial charge < -0.3 is 4.90 Å². The number of benzodiazepines with no additional fused rings is 1.